The number of nitriles is 1. The fourth-order valence-electron chi connectivity index (χ4n) is 3.08. The summed E-state index contributed by atoms with van der Waals surface area (Å²) in [5.74, 6) is 0.148. The Morgan fingerprint density at radius 3 is 2.64 bits per heavy atom. The van der Waals surface area contributed by atoms with Gasteiger partial charge in [-0.3, -0.25) is 4.79 Å². The highest BCUT2D eigenvalue weighted by molar-refractivity contribution is 5.88. The Bertz CT molecular complexity index is 1020. The molecule has 2 aromatic heterocycles. The number of carbonyl (C=O) groups excluding carboxylic acids is 1. The number of nitrogens with two attached hydrogens (primary N) is 1. The largest absolute Gasteiger partial charge is 0.476 e. The third kappa shape index (κ3) is 2.37. The van der Waals surface area contributed by atoms with Gasteiger partial charge in [-0.25, -0.2) is 0 Å². The lowest BCUT2D eigenvalue weighted by Gasteiger charge is -2.14. The average molecular weight is 334 g/mol. The summed E-state index contributed by atoms with van der Waals surface area (Å²) in [7, 11) is 0. The fraction of sp³-hybridized carbons (Fsp3) is 0.158. The van der Waals surface area contributed by atoms with Crippen molar-refractivity contribution in [3.8, 4) is 6.07 Å². The van der Waals surface area contributed by atoms with Gasteiger partial charge in [0, 0.05) is 5.39 Å². The molecule has 0 aliphatic carbocycles. The molecule has 2 atom stereocenters. The van der Waals surface area contributed by atoms with Gasteiger partial charge in [0.1, 0.15) is 23.0 Å². The first-order chi connectivity index (χ1) is 12.1. The maximum Gasteiger partial charge on any atom is 0.230 e. The van der Waals surface area contributed by atoms with Crippen LogP contribution in [0.3, 0.4) is 0 Å². The molecule has 0 bridgehead atoms. The predicted molar refractivity (Wildman–Crippen MR) is 88.7 cm³/mol. The molecule has 3 heterocycles. The Kier molecular flexibility index (Phi) is 3.36. The van der Waals surface area contributed by atoms with E-state index in [0.29, 0.717) is 22.9 Å². The van der Waals surface area contributed by atoms with E-state index in [4.69, 9.17) is 19.3 Å². The number of nitrogens with zero attached hydrogens (tertiary/aromatic N) is 1. The molecule has 1 amide bonds. The minimum Gasteiger partial charge on any atom is -0.476 e. The zero-order valence-electron chi connectivity index (χ0n) is 13.4. The SMILES string of the molecule is Cc1ccc([C@H]2OC(c3cc4ccccc4o3)=C(C#N)[C@@H]2C(N)=O)o1. The van der Waals surface area contributed by atoms with E-state index >= 15 is 0 Å². The van der Waals surface area contributed by atoms with Crippen LogP contribution >= 0.6 is 0 Å². The van der Waals surface area contributed by atoms with E-state index < -0.39 is 17.9 Å². The number of para-hydroxylation sites is 1. The number of fused-ring (bicyclic) bond motifs is 1. The number of rotatable bonds is 3. The number of hydrogen-bond donors (Lipinski definition) is 1. The number of primary amides is 1. The van der Waals surface area contributed by atoms with E-state index in [0.717, 1.165) is 5.39 Å². The monoisotopic (exact) mass is 334 g/mol. The average Bonchev–Trinajstić information content (AvgIpc) is 3.29. The van der Waals surface area contributed by atoms with Crippen molar-refractivity contribution in [2.45, 2.75) is 13.0 Å². The van der Waals surface area contributed by atoms with Crippen LogP contribution in [0.15, 0.2) is 56.9 Å². The molecule has 25 heavy (non-hydrogen) atoms. The molecule has 6 nitrogen and oxygen atoms in total. The van der Waals surface area contributed by atoms with Gasteiger partial charge in [-0.05, 0) is 31.2 Å². The minimum absolute atomic E-state index is 0.144. The molecular weight excluding hydrogens is 320 g/mol. The molecule has 0 saturated carbocycles. The van der Waals surface area contributed by atoms with Crippen LogP contribution in [0.2, 0.25) is 0 Å². The maximum absolute atomic E-state index is 12.0. The molecule has 0 saturated heterocycles. The first-order valence-corrected chi connectivity index (χ1v) is 7.74. The van der Waals surface area contributed by atoms with Gasteiger partial charge in [0.15, 0.2) is 17.6 Å². The molecule has 1 aliphatic rings. The summed E-state index contributed by atoms with van der Waals surface area (Å²) in [6.07, 6.45) is -0.788. The summed E-state index contributed by atoms with van der Waals surface area (Å²) in [5, 5.41) is 10.5. The molecule has 1 aliphatic heterocycles. The third-order valence-electron chi connectivity index (χ3n) is 4.22. The van der Waals surface area contributed by atoms with E-state index in [-0.39, 0.29) is 11.3 Å². The summed E-state index contributed by atoms with van der Waals surface area (Å²) in [4.78, 5) is 12.0. The Labute approximate surface area is 143 Å². The molecule has 124 valence electrons. The molecule has 0 unspecified atom stereocenters. The van der Waals surface area contributed by atoms with Crippen LogP contribution in [-0.2, 0) is 9.53 Å². The highest BCUT2D eigenvalue weighted by atomic mass is 16.5. The number of carbonyl (C=O) groups is 1. The second kappa shape index (κ2) is 5.56. The summed E-state index contributed by atoms with van der Waals surface area (Å²) in [6.45, 7) is 1.79. The quantitative estimate of drug-likeness (QED) is 0.790. The van der Waals surface area contributed by atoms with Crippen molar-refractivity contribution in [1.29, 1.82) is 5.26 Å². The number of ether oxygens (including phenoxy) is 1. The Hall–Kier alpha value is -3.46. The first-order valence-electron chi connectivity index (χ1n) is 7.74. The van der Waals surface area contributed by atoms with Crippen molar-refractivity contribution in [3.63, 3.8) is 0 Å². The predicted octanol–water partition coefficient (Wildman–Crippen LogP) is 3.44. The number of hydrogen-bond acceptors (Lipinski definition) is 5. The lowest BCUT2D eigenvalue weighted by molar-refractivity contribution is -0.123. The Morgan fingerprint density at radius 2 is 2.00 bits per heavy atom. The van der Waals surface area contributed by atoms with Crippen molar-refractivity contribution in [2.75, 3.05) is 0 Å². The zero-order valence-corrected chi connectivity index (χ0v) is 13.4. The summed E-state index contributed by atoms with van der Waals surface area (Å²) in [6, 6.07) is 14.8. The normalized spacial score (nSPS) is 19.8. The van der Waals surface area contributed by atoms with Gasteiger partial charge in [-0.2, -0.15) is 5.26 Å². The molecular formula is C19H14N2O4. The van der Waals surface area contributed by atoms with Crippen LogP contribution in [0.4, 0.5) is 0 Å². The zero-order chi connectivity index (χ0) is 17.6. The van der Waals surface area contributed by atoms with E-state index in [9.17, 15) is 10.1 Å². The number of amides is 1. The molecule has 0 spiro atoms. The first kappa shape index (κ1) is 15.1. The van der Waals surface area contributed by atoms with Gasteiger partial charge in [0.05, 0.1) is 11.6 Å². The lowest BCUT2D eigenvalue weighted by atomic mass is 9.93. The molecule has 1 aromatic carbocycles. The fourth-order valence-corrected chi connectivity index (χ4v) is 3.08. The van der Waals surface area contributed by atoms with Crippen LogP contribution in [0.1, 0.15) is 23.4 Å². The van der Waals surface area contributed by atoms with Crippen LogP contribution in [0, 0.1) is 24.2 Å². The highest BCUT2D eigenvalue weighted by Crippen LogP contribution is 2.46. The van der Waals surface area contributed by atoms with Gasteiger partial charge >= 0.3 is 0 Å². The van der Waals surface area contributed by atoms with Crippen molar-refractivity contribution in [2.24, 2.45) is 11.7 Å². The van der Waals surface area contributed by atoms with E-state index in [1.807, 2.05) is 30.3 Å². The molecule has 3 aromatic rings. The molecule has 0 radical (unpaired) electrons. The van der Waals surface area contributed by atoms with Crippen LogP contribution < -0.4 is 5.73 Å². The Morgan fingerprint density at radius 1 is 1.20 bits per heavy atom. The maximum atomic E-state index is 12.0. The minimum atomic E-state index is -0.932. The van der Waals surface area contributed by atoms with Gasteiger partial charge in [0.2, 0.25) is 5.91 Å². The van der Waals surface area contributed by atoms with Crippen LogP contribution in [-0.4, -0.2) is 5.91 Å². The molecule has 6 heteroatoms. The molecule has 0 fully saturated rings. The van der Waals surface area contributed by atoms with Crippen molar-refractivity contribution in [1.82, 2.24) is 0 Å². The number of furan rings is 2. The van der Waals surface area contributed by atoms with E-state index in [1.54, 1.807) is 25.1 Å². The van der Waals surface area contributed by atoms with Gasteiger partial charge in [0.25, 0.3) is 0 Å². The van der Waals surface area contributed by atoms with Crippen molar-refractivity contribution < 1.29 is 18.4 Å². The topological polar surface area (TPSA) is 102 Å². The van der Waals surface area contributed by atoms with Gasteiger partial charge < -0.3 is 19.3 Å². The van der Waals surface area contributed by atoms with E-state index in [2.05, 4.69) is 0 Å². The van der Waals surface area contributed by atoms with Gasteiger partial charge in [-0.15, -0.1) is 0 Å². The summed E-state index contributed by atoms with van der Waals surface area (Å²) >= 11 is 0. The standard InChI is InChI=1S/C19H14N2O4/c1-10-6-7-14(23-10)18-16(19(21)22)12(9-20)17(25-18)15-8-11-4-2-3-5-13(11)24-15/h2-8,16,18H,1H3,(H2,21,22)/t16-,18+/m0/s1. The van der Waals surface area contributed by atoms with Crippen molar-refractivity contribution in [3.05, 3.63) is 65.3 Å². The summed E-state index contributed by atoms with van der Waals surface area (Å²) in [5.41, 5.74) is 6.35. The molecule has 4 rings (SSSR count). The second-order valence-electron chi connectivity index (χ2n) is 5.87. The van der Waals surface area contributed by atoms with Crippen LogP contribution in [0.25, 0.3) is 16.7 Å². The number of aryl methyl sites for hydroxylation is 1. The van der Waals surface area contributed by atoms with Crippen LogP contribution in [0.5, 0.6) is 0 Å². The molecule has 2 N–H and O–H groups in total. The summed E-state index contributed by atoms with van der Waals surface area (Å²) < 4.78 is 17.3. The van der Waals surface area contributed by atoms with E-state index in [1.165, 1.54) is 0 Å². The third-order valence-corrected chi connectivity index (χ3v) is 4.22. The second-order valence-corrected chi connectivity index (χ2v) is 5.87. The van der Waals surface area contributed by atoms with Crippen molar-refractivity contribution >= 4 is 22.6 Å². The smallest absolute Gasteiger partial charge is 0.230 e. The number of benzene rings is 1. The highest BCUT2D eigenvalue weighted by Gasteiger charge is 2.44. The Balaban J connectivity index is 1.83. The van der Waals surface area contributed by atoms with Gasteiger partial charge in [-0.1, -0.05) is 18.2 Å². The lowest BCUT2D eigenvalue weighted by Crippen LogP contribution is -2.27.